The predicted octanol–water partition coefficient (Wildman–Crippen LogP) is 1.23. The molecule has 1 aromatic rings. The normalized spacial score (nSPS) is 20.7. The molecule has 1 aliphatic carbocycles. The molecule has 0 aromatic carbocycles. The van der Waals surface area contributed by atoms with E-state index in [2.05, 4.69) is 4.98 Å². The third-order valence-corrected chi connectivity index (χ3v) is 3.38. The lowest BCUT2D eigenvalue weighted by atomic mass is 9.72. The van der Waals surface area contributed by atoms with Crippen LogP contribution in [0.4, 0.5) is 5.82 Å². The number of nitrogens with zero attached hydrogens (tertiary/aromatic N) is 1. The van der Waals surface area contributed by atoms with Crippen LogP contribution in [0.2, 0.25) is 0 Å². The number of nitrogen functional groups attached to an aromatic ring is 1. The summed E-state index contributed by atoms with van der Waals surface area (Å²) in [4.78, 5) is 4.05. The van der Waals surface area contributed by atoms with E-state index >= 15 is 0 Å². The van der Waals surface area contributed by atoms with Gasteiger partial charge in [0.1, 0.15) is 5.82 Å². The molecule has 1 heterocycles. The van der Waals surface area contributed by atoms with Crippen molar-refractivity contribution in [3.8, 4) is 0 Å². The summed E-state index contributed by atoms with van der Waals surface area (Å²) in [7, 11) is 1.71. The Balaban J connectivity index is 2.27. The SMILES string of the molecule is COC1(C(N)c2cccnc2N)CCC1. The van der Waals surface area contributed by atoms with Gasteiger partial charge in [-0.25, -0.2) is 4.98 Å². The van der Waals surface area contributed by atoms with Crippen LogP contribution in [0.15, 0.2) is 18.3 Å². The van der Waals surface area contributed by atoms with Crippen LogP contribution in [0.5, 0.6) is 0 Å². The van der Waals surface area contributed by atoms with E-state index in [1.807, 2.05) is 12.1 Å². The van der Waals surface area contributed by atoms with Gasteiger partial charge >= 0.3 is 0 Å². The number of aromatic nitrogens is 1. The van der Waals surface area contributed by atoms with Gasteiger partial charge in [-0.1, -0.05) is 6.07 Å². The first kappa shape index (κ1) is 10.4. The summed E-state index contributed by atoms with van der Waals surface area (Å²) in [5, 5.41) is 0. The number of hydrogen-bond acceptors (Lipinski definition) is 4. The molecule has 1 aliphatic rings. The molecule has 2 rings (SSSR count). The summed E-state index contributed by atoms with van der Waals surface area (Å²) in [6.07, 6.45) is 4.84. The van der Waals surface area contributed by atoms with E-state index in [1.54, 1.807) is 13.3 Å². The minimum atomic E-state index is -0.225. The minimum Gasteiger partial charge on any atom is -0.383 e. The van der Waals surface area contributed by atoms with Gasteiger partial charge in [-0.2, -0.15) is 0 Å². The molecule has 0 spiro atoms. The van der Waals surface area contributed by atoms with E-state index in [-0.39, 0.29) is 11.6 Å². The molecule has 0 aliphatic heterocycles. The fraction of sp³-hybridized carbons (Fsp3) is 0.545. The van der Waals surface area contributed by atoms with E-state index in [1.165, 1.54) is 6.42 Å². The molecule has 0 radical (unpaired) electrons. The number of methoxy groups -OCH3 is 1. The molecule has 82 valence electrons. The average molecular weight is 207 g/mol. The molecule has 1 fully saturated rings. The zero-order valence-electron chi connectivity index (χ0n) is 8.94. The van der Waals surface area contributed by atoms with E-state index in [4.69, 9.17) is 16.2 Å². The molecular formula is C11H17N3O. The second kappa shape index (κ2) is 3.79. The zero-order chi connectivity index (χ0) is 10.9. The molecule has 1 aromatic heterocycles. The number of anilines is 1. The van der Waals surface area contributed by atoms with Crippen LogP contribution in [0.3, 0.4) is 0 Å². The van der Waals surface area contributed by atoms with Gasteiger partial charge in [0.05, 0.1) is 11.6 Å². The highest BCUT2D eigenvalue weighted by atomic mass is 16.5. The van der Waals surface area contributed by atoms with Crippen LogP contribution in [0.1, 0.15) is 30.9 Å². The number of rotatable bonds is 3. The second-order valence-electron chi connectivity index (χ2n) is 4.08. The molecule has 15 heavy (non-hydrogen) atoms. The molecule has 0 saturated heterocycles. The third-order valence-electron chi connectivity index (χ3n) is 3.38. The molecule has 1 atom stereocenters. The second-order valence-corrected chi connectivity index (χ2v) is 4.08. The highest BCUT2D eigenvalue weighted by molar-refractivity contribution is 5.42. The number of hydrogen-bond donors (Lipinski definition) is 2. The van der Waals surface area contributed by atoms with Gasteiger partial charge in [-0.15, -0.1) is 0 Å². The van der Waals surface area contributed by atoms with Crippen molar-refractivity contribution in [2.45, 2.75) is 30.9 Å². The van der Waals surface area contributed by atoms with Crippen LogP contribution < -0.4 is 11.5 Å². The standard InChI is InChI=1S/C11H17N3O/c1-15-11(5-3-6-11)9(12)8-4-2-7-14-10(8)13/h2,4,7,9H,3,5-6,12H2,1H3,(H2,13,14). The van der Waals surface area contributed by atoms with Crippen molar-refractivity contribution in [3.05, 3.63) is 23.9 Å². The lowest BCUT2D eigenvalue weighted by Gasteiger charge is -2.45. The van der Waals surface area contributed by atoms with Crippen LogP contribution in [0, 0.1) is 0 Å². The molecule has 0 amide bonds. The first-order valence-electron chi connectivity index (χ1n) is 5.21. The van der Waals surface area contributed by atoms with Crippen LogP contribution >= 0.6 is 0 Å². The number of nitrogens with two attached hydrogens (primary N) is 2. The molecule has 4 N–H and O–H groups in total. The van der Waals surface area contributed by atoms with Crippen molar-refractivity contribution in [2.75, 3.05) is 12.8 Å². The molecule has 0 bridgehead atoms. The van der Waals surface area contributed by atoms with E-state index in [0.29, 0.717) is 5.82 Å². The predicted molar refractivity (Wildman–Crippen MR) is 59.2 cm³/mol. The highest BCUT2D eigenvalue weighted by Gasteiger charge is 2.44. The van der Waals surface area contributed by atoms with E-state index in [9.17, 15) is 0 Å². The van der Waals surface area contributed by atoms with E-state index < -0.39 is 0 Å². The number of pyridine rings is 1. The van der Waals surface area contributed by atoms with Gasteiger partial charge < -0.3 is 16.2 Å². The molecule has 4 heteroatoms. The Kier molecular flexibility index (Phi) is 2.63. The summed E-state index contributed by atoms with van der Waals surface area (Å²) in [5.74, 6) is 0.508. The molecule has 1 saturated carbocycles. The quantitative estimate of drug-likeness (QED) is 0.781. The molecule has 1 unspecified atom stereocenters. The van der Waals surface area contributed by atoms with Crippen molar-refractivity contribution >= 4 is 5.82 Å². The highest BCUT2D eigenvalue weighted by Crippen LogP contribution is 2.44. The van der Waals surface area contributed by atoms with Gasteiger partial charge in [0.2, 0.25) is 0 Å². The summed E-state index contributed by atoms with van der Waals surface area (Å²) in [5.41, 5.74) is 12.7. The minimum absolute atomic E-state index is 0.176. The zero-order valence-corrected chi connectivity index (χ0v) is 8.94. The maximum atomic E-state index is 6.20. The Hall–Kier alpha value is -1.13. The lowest BCUT2D eigenvalue weighted by Crippen LogP contribution is -2.48. The Morgan fingerprint density at radius 1 is 1.53 bits per heavy atom. The Bertz CT molecular complexity index is 344. The van der Waals surface area contributed by atoms with Crippen molar-refractivity contribution in [1.82, 2.24) is 4.98 Å². The van der Waals surface area contributed by atoms with Gasteiger partial charge in [0.15, 0.2) is 0 Å². The van der Waals surface area contributed by atoms with Crippen LogP contribution in [-0.2, 0) is 4.74 Å². The fourth-order valence-corrected chi connectivity index (χ4v) is 2.14. The van der Waals surface area contributed by atoms with Crippen molar-refractivity contribution in [1.29, 1.82) is 0 Å². The monoisotopic (exact) mass is 207 g/mol. The third kappa shape index (κ3) is 1.60. The largest absolute Gasteiger partial charge is 0.383 e. The number of ether oxygens (including phenoxy) is 1. The van der Waals surface area contributed by atoms with Crippen LogP contribution in [0.25, 0.3) is 0 Å². The van der Waals surface area contributed by atoms with Crippen molar-refractivity contribution in [2.24, 2.45) is 5.73 Å². The van der Waals surface area contributed by atoms with Crippen LogP contribution in [-0.4, -0.2) is 17.7 Å². The summed E-state index contributed by atoms with van der Waals surface area (Å²) in [6, 6.07) is 3.60. The van der Waals surface area contributed by atoms with Gasteiger partial charge in [0, 0.05) is 18.9 Å². The van der Waals surface area contributed by atoms with Crippen molar-refractivity contribution in [3.63, 3.8) is 0 Å². The van der Waals surface area contributed by atoms with Gasteiger partial charge in [-0.05, 0) is 25.3 Å². The van der Waals surface area contributed by atoms with E-state index in [0.717, 1.165) is 18.4 Å². The summed E-state index contributed by atoms with van der Waals surface area (Å²) >= 11 is 0. The maximum absolute atomic E-state index is 6.20. The Morgan fingerprint density at radius 2 is 2.27 bits per heavy atom. The molecular weight excluding hydrogens is 190 g/mol. The summed E-state index contributed by atoms with van der Waals surface area (Å²) < 4.78 is 5.54. The van der Waals surface area contributed by atoms with Gasteiger partial charge in [-0.3, -0.25) is 0 Å². The topological polar surface area (TPSA) is 74.2 Å². The first-order valence-corrected chi connectivity index (χ1v) is 5.21. The molecule has 4 nitrogen and oxygen atoms in total. The summed E-state index contributed by atoms with van der Waals surface area (Å²) in [6.45, 7) is 0. The van der Waals surface area contributed by atoms with Crippen molar-refractivity contribution < 1.29 is 4.74 Å². The lowest BCUT2D eigenvalue weighted by molar-refractivity contribution is -0.0910. The first-order chi connectivity index (χ1) is 7.19. The Morgan fingerprint density at radius 3 is 2.73 bits per heavy atom. The fourth-order valence-electron chi connectivity index (χ4n) is 2.14. The average Bonchev–Trinajstić information content (AvgIpc) is 2.17. The maximum Gasteiger partial charge on any atom is 0.128 e. The Labute approximate surface area is 89.6 Å². The smallest absolute Gasteiger partial charge is 0.128 e. The van der Waals surface area contributed by atoms with Gasteiger partial charge in [0.25, 0.3) is 0 Å².